The average molecular weight is 250 g/mol. The summed E-state index contributed by atoms with van der Waals surface area (Å²) >= 11 is -5.94. The van der Waals surface area contributed by atoms with Crippen molar-refractivity contribution < 1.29 is 74.3 Å². The van der Waals surface area contributed by atoms with Crippen LogP contribution in [0.3, 0.4) is 0 Å². The van der Waals surface area contributed by atoms with Crippen LogP contribution in [0.2, 0.25) is 0 Å². The summed E-state index contributed by atoms with van der Waals surface area (Å²) in [6, 6.07) is 0. The van der Waals surface area contributed by atoms with Gasteiger partial charge in [0.2, 0.25) is 0 Å². The normalized spacial score (nSPS) is 7.50. The van der Waals surface area contributed by atoms with Gasteiger partial charge in [0.1, 0.15) is 20.1 Å². The molecule has 0 saturated carbocycles. The SMILES string of the molecule is O.O.[Na+].[O-][I+3]([O-])([O-])[O-]. The van der Waals surface area contributed by atoms with Crippen LogP contribution in [0.1, 0.15) is 0 Å². The molecular formula is H4INaO6. The number of hydrogen-bond donors (Lipinski definition) is 0. The molecule has 0 spiro atoms. The van der Waals surface area contributed by atoms with E-state index in [2.05, 4.69) is 0 Å². The molecule has 0 aromatic rings. The van der Waals surface area contributed by atoms with Gasteiger partial charge >= 0.3 is 29.6 Å². The third kappa shape index (κ3) is 142. The monoisotopic (exact) mass is 250 g/mol. The van der Waals surface area contributed by atoms with Gasteiger partial charge < -0.3 is 11.0 Å². The Morgan fingerprint density at radius 1 is 0.750 bits per heavy atom. The van der Waals surface area contributed by atoms with Crippen molar-refractivity contribution in [1.29, 1.82) is 0 Å². The van der Waals surface area contributed by atoms with Gasteiger partial charge in [-0.25, -0.2) is 0 Å². The van der Waals surface area contributed by atoms with E-state index in [1.807, 2.05) is 0 Å². The maximum absolute atomic E-state index is 8.62. The van der Waals surface area contributed by atoms with Gasteiger partial charge in [-0.3, -0.25) is 13.7 Å². The van der Waals surface area contributed by atoms with Crippen molar-refractivity contribution >= 4 is 0 Å². The second kappa shape index (κ2) is 8.49. The number of hydrogen-bond acceptors (Lipinski definition) is 4. The zero-order chi connectivity index (χ0) is 4.50. The van der Waals surface area contributed by atoms with Gasteiger partial charge in [0.15, 0.2) is 0 Å². The Morgan fingerprint density at radius 2 is 0.750 bits per heavy atom. The molecule has 8 heavy (non-hydrogen) atoms. The summed E-state index contributed by atoms with van der Waals surface area (Å²) in [6.07, 6.45) is 0. The van der Waals surface area contributed by atoms with Crippen molar-refractivity contribution in [3.05, 3.63) is 0 Å². The van der Waals surface area contributed by atoms with E-state index in [1.54, 1.807) is 0 Å². The van der Waals surface area contributed by atoms with Crippen LogP contribution in [-0.4, -0.2) is 11.0 Å². The predicted octanol–water partition coefficient (Wildman–Crippen LogP) is -12.4. The molecule has 0 bridgehead atoms. The fraction of sp³-hybridized carbons (Fsp3) is 0. The molecular weight excluding hydrogens is 246 g/mol. The van der Waals surface area contributed by atoms with Crippen LogP contribution in [0.4, 0.5) is 0 Å². The minimum Gasteiger partial charge on any atom is -0.412 e. The Hall–Kier alpha value is 1.49. The zero-order valence-corrected chi connectivity index (χ0v) is 8.17. The first-order valence-electron chi connectivity index (χ1n) is 0.617. The number of rotatable bonds is 0. The summed E-state index contributed by atoms with van der Waals surface area (Å²) < 4.78 is 34.5. The quantitative estimate of drug-likeness (QED) is 0.309. The maximum atomic E-state index is 8.62. The molecule has 0 heterocycles. The fourth-order valence-corrected chi connectivity index (χ4v) is 0. The minimum atomic E-state index is -5.94. The molecule has 4 N–H and O–H groups in total. The van der Waals surface area contributed by atoms with Crippen molar-refractivity contribution in [2.24, 2.45) is 0 Å². The third-order valence-corrected chi connectivity index (χ3v) is 0. The van der Waals surface area contributed by atoms with E-state index in [0.717, 1.165) is 0 Å². The van der Waals surface area contributed by atoms with E-state index < -0.39 is 20.1 Å². The maximum Gasteiger partial charge on any atom is 1.00 e. The van der Waals surface area contributed by atoms with E-state index in [4.69, 9.17) is 13.7 Å². The summed E-state index contributed by atoms with van der Waals surface area (Å²) in [6.45, 7) is 0. The first-order chi connectivity index (χ1) is 2.00. The molecule has 0 fully saturated rings. The van der Waals surface area contributed by atoms with Crippen LogP contribution < -0.4 is 63.4 Å². The van der Waals surface area contributed by atoms with Crippen molar-refractivity contribution in [2.75, 3.05) is 0 Å². The first kappa shape index (κ1) is 22.7. The van der Waals surface area contributed by atoms with Crippen LogP contribution in [0, 0.1) is 0 Å². The standard InChI is InChI=1S/IO4.Na.2H2O/c2-1(3,4)5;;;/h;;2*1H2/q-1;+1;;. The predicted molar refractivity (Wildman–Crippen MR) is 7.23 cm³/mol. The van der Waals surface area contributed by atoms with Crippen LogP contribution in [0.5, 0.6) is 0 Å². The van der Waals surface area contributed by atoms with Gasteiger partial charge in [0, 0.05) is 0 Å². The first-order valence-corrected chi connectivity index (χ1v) is 4.14. The topological polar surface area (TPSA) is 155 Å². The van der Waals surface area contributed by atoms with Crippen molar-refractivity contribution in [3.8, 4) is 0 Å². The summed E-state index contributed by atoms with van der Waals surface area (Å²) in [5, 5.41) is 0. The Morgan fingerprint density at radius 3 is 0.750 bits per heavy atom. The molecule has 8 heteroatoms. The van der Waals surface area contributed by atoms with Crippen LogP contribution in [0.25, 0.3) is 0 Å². The van der Waals surface area contributed by atoms with Gasteiger partial charge in [-0.15, -0.1) is 0 Å². The van der Waals surface area contributed by atoms with E-state index in [9.17, 15) is 0 Å². The van der Waals surface area contributed by atoms with E-state index in [0.29, 0.717) is 0 Å². The van der Waals surface area contributed by atoms with E-state index in [-0.39, 0.29) is 40.5 Å². The average Bonchev–Trinajstić information content (AvgIpc) is 0.722. The Kier molecular flexibility index (Phi) is 24.1. The molecule has 48 valence electrons. The molecule has 0 amide bonds. The van der Waals surface area contributed by atoms with Gasteiger partial charge in [-0.05, 0) is 0 Å². The molecule has 0 aliphatic carbocycles. The minimum absolute atomic E-state index is 0. The molecule has 0 aromatic heterocycles. The molecule has 0 rings (SSSR count). The van der Waals surface area contributed by atoms with Crippen molar-refractivity contribution in [2.45, 2.75) is 0 Å². The fourth-order valence-electron chi connectivity index (χ4n) is 0. The van der Waals surface area contributed by atoms with Gasteiger partial charge in [0.25, 0.3) is 0 Å². The van der Waals surface area contributed by atoms with E-state index in [1.165, 1.54) is 0 Å². The molecule has 0 aromatic carbocycles. The van der Waals surface area contributed by atoms with Gasteiger partial charge in [-0.1, -0.05) is 0 Å². The van der Waals surface area contributed by atoms with Crippen molar-refractivity contribution in [3.63, 3.8) is 0 Å². The third-order valence-electron chi connectivity index (χ3n) is 0. The van der Waals surface area contributed by atoms with Gasteiger partial charge in [0.05, 0.1) is 0 Å². The van der Waals surface area contributed by atoms with Crippen LogP contribution >= 0.6 is 0 Å². The summed E-state index contributed by atoms with van der Waals surface area (Å²) in [5.74, 6) is 0. The Balaban J connectivity index is -0.0000000267. The summed E-state index contributed by atoms with van der Waals surface area (Å²) in [7, 11) is 0. The van der Waals surface area contributed by atoms with Crippen molar-refractivity contribution in [1.82, 2.24) is 0 Å². The Labute approximate surface area is 73.8 Å². The second-order valence-corrected chi connectivity index (χ2v) is 2.54. The molecule has 0 radical (unpaired) electrons. The molecule has 0 saturated heterocycles. The smallest absolute Gasteiger partial charge is 0.412 e. The second-order valence-electron chi connectivity index (χ2n) is 0.378. The van der Waals surface area contributed by atoms with Crippen LogP contribution in [-0.2, 0) is 0 Å². The number of halogens is 1. The molecule has 0 aliphatic rings. The summed E-state index contributed by atoms with van der Waals surface area (Å²) in [5.41, 5.74) is 0. The summed E-state index contributed by atoms with van der Waals surface area (Å²) in [4.78, 5) is 0. The largest absolute Gasteiger partial charge is 1.00 e. The molecule has 0 atom stereocenters. The molecule has 0 unspecified atom stereocenters. The molecule has 6 nitrogen and oxygen atoms in total. The Bertz CT molecular complexity index is 24.0. The zero-order valence-electron chi connectivity index (χ0n) is 4.01. The molecule has 0 aliphatic heterocycles. The van der Waals surface area contributed by atoms with E-state index >= 15 is 0 Å². The van der Waals surface area contributed by atoms with Crippen LogP contribution in [0.15, 0.2) is 0 Å². The van der Waals surface area contributed by atoms with Gasteiger partial charge in [-0.2, -0.15) is 0 Å².